The quantitative estimate of drug-likeness (QED) is 0.589. The van der Waals surface area contributed by atoms with Crippen molar-refractivity contribution in [2.45, 2.75) is 44.9 Å². The van der Waals surface area contributed by atoms with Gasteiger partial charge in [0, 0.05) is 31.0 Å². The highest BCUT2D eigenvalue weighted by Crippen LogP contribution is 2.38. The van der Waals surface area contributed by atoms with E-state index in [1.807, 2.05) is 23.1 Å². The molecule has 3 heterocycles. The standard InChI is InChI=1S/C22H23ClN4O3/c1-13-19(20(25-29-13)16-6-2-3-7-17(16)23)22(28)27-10-4-5-14(12-27)11-18-24-21(26-30-18)15-8-9-15/h2-3,6-7,14-15H,4-5,8-12H2,1H3. The Morgan fingerprint density at radius 1 is 1.20 bits per heavy atom. The van der Waals surface area contributed by atoms with Gasteiger partial charge in [0.15, 0.2) is 5.82 Å². The second-order valence-corrected chi connectivity index (χ2v) is 8.63. The van der Waals surface area contributed by atoms with Crippen LogP contribution in [0.2, 0.25) is 5.02 Å². The molecule has 0 N–H and O–H groups in total. The molecule has 1 saturated heterocycles. The number of aryl methyl sites for hydroxylation is 1. The van der Waals surface area contributed by atoms with E-state index in [0.29, 0.717) is 64.8 Å². The maximum absolute atomic E-state index is 13.4. The number of hydrogen-bond acceptors (Lipinski definition) is 6. The van der Waals surface area contributed by atoms with E-state index < -0.39 is 0 Å². The van der Waals surface area contributed by atoms with Crippen LogP contribution in [-0.4, -0.2) is 39.2 Å². The Morgan fingerprint density at radius 3 is 2.83 bits per heavy atom. The number of halogens is 1. The molecule has 2 fully saturated rings. The number of rotatable bonds is 5. The predicted molar refractivity (Wildman–Crippen MR) is 110 cm³/mol. The van der Waals surface area contributed by atoms with Crippen molar-refractivity contribution >= 4 is 17.5 Å². The molecule has 3 aromatic rings. The number of aromatic nitrogens is 3. The van der Waals surface area contributed by atoms with Crippen LogP contribution in [0.5, 0.6) is 0 Å². The van der Waals surface area contributed by atoms with E-state index in [0.717, 1.165) is 31.5 Å². The molecule has 1 aliphatic heterocycles. The van der Waals surface area contributed by atoms with Gasteiger partial charge in [-0.15, -0.1) is 0 Å². The number of benzene rings is 1. The molecule has 7 nitrogen and oxygen atoms in total. The Hall–Kier alpha value is -2.67. The minimum absolute atomic E-state index is 0.0717. The molecule has 8 heteroatoms. The maximum atomic E-state index is 13.4. The lowest BCUT2D eigenvalue weighted by Crippen LogP contribution is -2.40. The normalized spacial score (nSPS) is 19.3. The average molecular weight is 427 g/mol. The molecule has 1 aromatic carbocycles. The van der Waals surface area contributed by atoms with E-state index in [1.54, 1.807) is 13.0 Å². The molecule has 1 saturated carbocycles. The average Bonchev–Trinajstić information content (AvgIpc) is 3.39. The van der Waals surface area contributed by atoms with Gasteiger partial charge in [-0.3, -0.25) is 4.79 Å². The largest absolute Gasteiger partial charge is 0.360 e. The molecule has 1 unspecified atom stereocenters. The molecule has 5 rings (SSSR count). The van der Waals surface area contributed by atoms with Gasteiger partial charge in [0.1, 0.15) is 17.0 Å². The molecule has 156 valence electrons. The fourth-order valence-corrected chi connectivity index (χ4v) is 4.37. The monoisotopic (exact) mass is 426 g/mol. The van der Waals surface area contributed by atoms with Crippen molar-refractivity contribution in [2.24, 2.45) is 5.92 Å². The van der Waals surface area contributed by atoms with Crippen molar-refractivity contribution in [1.29, 1.82) is 0 Å². The van der Waals surface area contributed by atoms with Crippen LogP contribution in [0, 0.1) is 12.8 Å². The van der Waals surface area contributed by atoms with E-state index in [4.69, 9.17) is 20.6 Å². The third-order valence-electron chi connectivity index (χ3n) is 5.90. The summed E-state index contributed by atoms with van der Waals surface area (Å²) in [5, 5.41) is 8.78. The minimum atomic E-state index is -0.0717. The lowest BCUT2D eigenvalue weighted by Gasteiger charge is -2.32. The van der Waals surface area contributed by atoms with Gasteiger partial charge in [-0.05, 0) is 44.6 Å². The molecule has 0 radical (unpaired) electrons. The Labute approximate surface area is 179 Å². The SMILES string of the molecule is Cc1onc(-c2ccccc2Cl)c1C(=O)N1CCCC(Cc2nc(C3CC3)no2)C1. The second kappa shape index (κ2) is 7.87. The summed E-state index contributed by atoms with van der Waals surface area (Å²) in [5.41, 5.74) is 1.68. The van der Waals surface area contributed by atoms with Gasteiger partial charge in [-0.25, -0.2) is 0 Å². The zero-order valence-corrected chi connectivity index (χ0v) is 17.6. The van der Waals surface area contributed by atoms with Crippen LogP contribution in [0.4, 0.5) is 0 Å². The lowest BCUT2D eigenvalue weighted by molar-refractivity contribution is 0.0667. The van der Waals surface area contributed by atoms with Gasteiger partial charge < -0.3 is 13.9 Å². The fraction of sp³-hybridized carbons (Fsp3) is 0.455. The molecule has 2 aromatic heterocycles. The molecular formula is C22H23ClN4O3. The summed E-state index contributed by atoms with van der Waals surface area (Å²) in [6.07, 6.45) is 4.97. The summed E-state index contributed by atoms with van der Waals surface area (Å²) in [6, 6.07) is 7.35. The van der Waals surface area contributed by atoms with Crippen molar-refractivity contribution < 1.29 is 13.8 Å². The second-order valence-electron chi connectivity index (χ2n) is 8.23. The first kappa shape index (κ1) is 19.3. The van der Waals surface area contributed by atoms with Crippen molar-refractivity contribution in [3.8, 4) is 11.3 Å². The molecule has 2 aliphatic rings. The number of nitrogens with zero attached hydrogens (tertiary/aromatic N) is 4. The highest BCUT2D eigenvalue weighted by molar-refractivity contribution is 6.33. The number of carbonyl (C=O) groups excluding carboxylic acids is 1. The number of hydrogen-bond donors (Lipinski definition) is 0. The van der Waals surface area contributed by atoms with Gasteiger partial charge in [-0.1, -0.05) is 40.1 Å². The van der Waals surface area contributed by atoms with Crippen LogP contribution >= 0.6 is 11.6 Å². The third kappa shape index (κ3) is 3.74. The summed E-state index contributed by atoms with van der Waals surface area (Å²) in [7, 11) is 0. The fourth-order valence-electron chi connectivity index (χ4n) is 4.14. The maximum Gasteiger partial charge on any atom is 0.259 e. The van der Waals surface area contributed by atoms with Gasteiger partial charge in [0.25, 0.3) is 5.91 Å². The smallest absolute Gasteiger partial charge is 0.259 e. The predicted octanol–water partition coefficient (Wildman–Crippen LogP) is 4.66. The molecule has 0 bridgehead atoms. The Kier molecular flexibility index (Phi) is 5.06. The molecule has 1 aliphatic carbocycles. The summed E-state index contributed by atoms with van der Waals surface area (Å²) in [5.74, 6) is 2.71. The summed E-state index contributed by atoms with van der Waals surface area (Å²) in [4.78, 5) is 19.8. The first-order chi connectivity index (χ1) is 14.6. The summed E-state index contributed by atoms with van der Waals surface area (Å²) < 4.78 is 10.8. The zero-order valence-electron chi connectivity index (χ0n) is 16.8. The van der Waals surface area contributed by atoms with Gasteiger partial charge >= 0.3 is 0 Å². The molecular weight excluding hydrogens is 404 g/mol. The topological polar surface area (TPSA) is 85.3 Å². The van der Waals surface area contributed by atoms with Crippen LogP contribution in [-0.2, 0) is 6.42 Å². The van der Waals surface area contributed by atoms with E-state index in [-0.39, 0.29) is 5.91 Å². The Balaban J connectivity index is 1.33. The van der Waals surface area contributed by atoms with E-state index in [2.05, 4.69) is 15.3 Å². The third-order valence-corrected chi connectivity index (χ3v) is 6.23. The lowest BCUT2D eigenvalue weighted by atomic mass is 9.94. The van der Waals surface area contributed by atoms with Crippen molar-refractivity contribution in [1.82, 2.24) is 20.2 Å². The first-order valence-corrected chi connectivity index (χ1v) is 10.8. The van der Waals surface area contributed by atoms with Gasteiger partial charge in [0.2, 0.25) is 5.89 Å². The van der Waals surface area contributed by atoms with Crippen LogP contribution < -0.4 is 0 Å². The molecule has 30 heavy (non-hydrogen) atoms. The number of amides is 1. The van der Waals surface area contributed by atoms with Gasteiger partial charge in [-0.2, -0.15) is 4.98 Å². The molecule has 1 atom stereocenters. The van der Waals surface area contributed by atoms with Crippen molar-refractivity contribution in [2.75, 3.05) is 13.1 Å². The molecule has 0 spiro atoms. The number of carbonyl (C=O) groups is 1. The number of piperidine rings is 1. The van der Waals surface area contributed by atoms with E-state index >= 15 is 0 Å². The van der Waals surface area contributed by atoms with E-state index in [9.17, 15) is 4.79 Å². The molecule has 1 amide bonds. The van der Waals surface area contributed by atoms with Crippen LogP contribution in [0.25, 0.3) is 11.3 Å². The Bertz CT molecular complexity index is 1070. The first-order valence-electron chi connectivity index (χ1n) is 10.4. The van der Waals surface area contributed by atoms with Crippen LogP contribution in [0.1, 0.15) is 59.4 Å². The Morgan fingerprint density at radius 2 is 2.03 bits per heavy atom. The zero-order chi connectivity index (χ0) is 20.7. The van der Waals surface area contributed by atoms with Crippen LogP contribution in [0.3, 0.4) is 0 Å². The van der Waals surface area contributed by atoms with Crippen LogP contribution in [0.15, 0.2) is 33.3 Å². The summed E-state index contributed by atoms with van der Waals surface area (Å²) in [6.45, 7) is 3.12. The highest BCUT2D eigenvalue weighted by Gasteiger charge is 2.32. The minimum Gasteiger partial charge on any atom is -0.360 e. The summed E-state index contributed by atoms with van der Waals surface area (Å²) >= 11 is 6.34. The van der Waals surface area contributed by atoms with Gasteiger partial charge in [0.05, 0.1) is 5.02 Å². The van der Waals surface area contributed by atoms with Crippen molar-refractivity contribution in [3.63, 3.8) is 0 Å². The van der Waals surface area contributed by atoms with E-state index in [1.165, 1.54) is 0 Å². The van der Waals surface area contributed by atoms with Crippen molar-refractivity contribution in [3.05, 3.63) is 52.3 Å². The highest BCUT2D eigenvalue weighted by atomic mass is 35.5. The number of likely N-dealkylation sites (tertiary alicyclic amines) is 1.